The molecule has 0 fully saturated rings. The molecule has 0 heterocycles. The second-order valence-corrected chi connectivity index (χ2v) is 5.09. The average molecular weight is 241 g/mol. The Labute approximate surface area is 90.8 Å². The molecule has 0 aliphatic heterocycles. The lowest BCUT2D eigenvalue weighted by atomic mass is 10.1. The van der Waals surface area contributed by atoms with Crippen LogP contribution in [0.5, 0.6) is 0 Å². The Bertz CT molecular complexity index is 569. The summed E-state index contributed by atoms with van der Waals surface area (Å²) in [6, 6.07) is 5.56. The van der Waals surface area contributed by atoms with Crippen LogP contribution in [0.25, 0.3) is 0 Å². The molecule has 7 heteroatoms. The van der Waals surface area contributed by atoms with E-state index in [2.05, 4.69) is 5.73 Å². The highest BCUT2D eigenvalue weighted by atomic mass is 32.2. The lowest BCUT2D eigenvalue weighted by Gasteiger charge is -2.19. The Morgan fingerprint density at radius 2 is 1.44 bits per heavy atom. The molecule has 0 aromatic heterocycles. The van der Waals surface area contributed by atoms with Gasteiger partial charge in [0, 0.05) is 11.1 Å². The molecule has 16 heavy (non-hydrogen) atoms. The van der Waals surface area contributed by atoms with Crippen molar-refractivity contribution in [2.45, 2.75) is 4.87 Å². The van der Waals surface area contributed by atoms with Gasteiger partial charge in [-0.15, -0.1) is 0 Å². The van der Waals surface area contributed by atoms with Crippen molar-refractivity contribution >= 4 is 21.7 Å². The minimum Gasteiger partial charge on any atom is -0.742 e. The molecule has 1 aliphatic carbocycles. The first-order valence-electron chi connectivity index (χ1n) is 4.29. The van der Waals surface area contributed by atoms with Crippen LogP contribution in [0.3, 0.4) is 0 Å². The first-order chi connectivity index (χ1) is 7.30. The lowest BCUT2D eigenvalue weighted by Crippen LogP contribution is -2.82. The zero-order valence-corrected chi connectivity index (χ0v) is 8.78. The first kappa shape index (κ1) is 10.9. The fourth-order valence-electron chi connectivity index (χ4n) is 1.64. The molecule has 0 radical (unpaired) electrons. The van der Waals surface area contributed by atoms with Gasteiger partial charge in [0.15, 0.2) is 10.1 Å². The van der Waals surface area contributed by atoms with Crippen molar-refractivity contribution in [1.29, 1.82) is 0 Å². The number of rotatable bonds is 1. The van der Waals surface area contributed by atoms with Crippen LogP contribution in [-0.4, -0.2) is 29.4 Å². The Hall–Kier alpha value is -1.57. The molecule has 84 valence electrons. The number of quaternary nitrogens is 1. The zero-order chi connectivity index (χ0) is 12.1. The van der Waals surface area contributed by atoms with Crippen molar-refractivity contribution in [3.63, 3.8) is 0 Å². The van der Waals surface area contributed by atoms with Crippen LogP contribution in [0.1, 0.15) is 20.7 Å². The van der Waals surface area contributed by atoms with Crippen LogP contribution in [-0.2, 0) is 10.1 Å². The third-order valence-corrected chi connectivity index (χ3v) is 3.80. The van der Waals surface area contributed by atoms with E-state index in [1.165, 1.54) is 24.3 Å². The second-order valence-electron chi connectivity index (χ2n) is 3.48. The molecule has 0 saturated carbocycles. The van der Waals surface area contributed by atoms with E-state index < -0.39 is 26.6 Å². The summed E-state index contributed by atoms with van der Waals surface area (Å²) in [5, 5.41) is 0. The summed E-state index contributed by atoms with van der Waals surface area (Å²) in [7, 11) is -5.13. The van der Waals surface area contributed by atoms with Crippen molar-refractivity contribution in [2.24, 2.45) is 0 Å². The van der Waals surface area contributed by atoms with E-state index in [1.54, 1.807) is 0 Å². The van der Waals surface area contributed by atoms with Gasteiger partial charge >= 0.3 is 4.87 Å². The SMILES string of the molecule is [NH3+]C1(S(=O)(=O)[O-])C(=O)c2ccccc2C1=O. The highest BCUT2D eigenvalue weighted by Crippen LogP contribution is 2.29. The van der Waals surface area contributed by atoms with Gasteiger partial charge in [0.1, 0.15) is 0 Å². The summed E-state index contributed by atoms with van der Waals surface area (Å²) in [5.41, 5.74) is 2.88. The molecule has 0 spiro atoms. The standard InChI is InChI=1S/C9H7NO5S/c10-9(16(13,14)15)7(11)5-3-1-2-4-6(5)8(9)12/h1-4H,10H2,(H,13,14,15). The molecular formula is C9H7NO5S. The van der Waals surface area contributed by atoms with Crippen LogP contribution >= 0.6 is 0 Å². The van der Waals surface area contributed by atoms with Gasteiger partial charge in [-0.1, -0.05) is 24.3 Å². The second kappa shape index (κ2) is 2.97. The molecule has 0 saturated heterocycles. The number of benzene rings is 1. The Morgan fingerprint density at radius 1 is 1.06 bits per heavy atom. The molecular weight excluding hydrogens is 234 g/mol. The summed E-state index contributed by atoms with van der Waals surface area (Å²) < 4.78 is 33.0. The summed E-state index contributed by atoms with van der Waals surface area (Å²) in [5.74, 6) is -2.11. The van der Waals surface area contributed by atoms with Gasteiger partial charge < -0.3 is 10.3 Å². The fourth-order valence-corrected chi connectivity index (χ4v) is 2.32. The topological polar surface area (TPSA) is 119 Å². The molecule has 6 nitrogen and oxygen atoms in total. The largest absolute Gasteiger partial charge is 0.742 e. The number of carbonyl (C=O) groups is 2. The average Bonchev–Trinajstić information content (AvgIpc) is 2.42. The van der Waals surface area contributed by atoms with Gasteiger partial charge in [0.05, 0.1) is 0 Å². The molecule has 0 amide bonds. The molecule has 0 bridgehead atoms. The van der Waals surface area contributed by atoms with E-state index >= 15 is 0 Å². The van der Waals surface area contributed by atoms with Crippen molar-refractivity contribution in [1.82, 2.24) is 0 Å². The fraction of sp³-hybridized carbons (Fsp3) is 0.111. The summed E-state index contributed by atoms with van der Waals surface area (Å²) in [4.78, 5) is 20.7. The van der Waals surface area contributed by atoms with Gasteiger partial charge in [-0.2, -0.15) is 0 Å². The van der Waals surface area contributed by atoms with E-state index in [4.69, 9.17) is 0 Å². The third kappa shape index (κ3) is 1.10. The van der Waals surface area contributed by atoms with Crippen molar-refractivity contribution in [2.75, 3.05) is 0 Å². The van der Waals surface area contributed by atoms with Crippen molar-refractivity contribution in [3.8, 4) is 0 Å². The normalized spacial score (nSPS) is 18.6. The summed E-state index contributed by atoms with van der Waals surface area (Å²) in [6.45, 7) is 0. The quantitative estimate of drug-likeness (QED) is 0.476. The Morgan fingerprint density at radius 3 is 1.75 bits per heavy atom. The van der Waals surface area contributed by atoms with Gasteiger partial charge in [-0.3, -0.25) is 9.59 Å². The molecule has 1 aromatic rings. The lowest BCUT2D eigenvalue weighted by molar-refractivity contribution is -0.399. The van der Waals surface area contributed by atoms with E-state index in [0.717, 1.165) is 0 Å². The Balaban J connectivity index is 2.78. The monoisotopic (exact) mass is 241 g/mol. The molecule has 1 aromatic carbocycles. The summed E-state index contributed by atoms with van der Waals surface area (Å²) in [6.07, 6.45) is 0. The number of Topliss-reactive ketones (excluding diaryl/α,β-unsaturated/α-hetero) is 2. The van der Waals surface area contributed by atoms with Gasteiger partial charge in [0.25, 0.3) is 0 Å². The van der Waals surface area contributed by atoms with Crippen LogP contribution in [0, 0.1) is 0 Å². The number of hydrogen-bond acceptors (Lipinski definition) is 5. The van der Waals surface area contributed by atoms with Gasteiger partial charge in [-0.05, 0) is 0 Å². The highest BCUT2D eigenvalue weighted by molar-refractivity contribution is 7.88. The van der Waals surface area contributed by atoms with Gasteiger partial charge in [-0.25, -0.2) is 8.42 Å². The minimum absolute atomic E-state index is 0.0677. The van der Waals surface area contributed by atoms with Crippen LogP contribution in [0.15, 0.2) is 24.3 Å². The van der Waals surface area contributed by atoms with E-state index in [1.807, 2.05) is 0 Å². The van der Waals surface area contributed by atoms with E-state index in [9.17, 15) is 22.6 Å². The molecule has 2 rings (SSSR count). The van der Waals surface area contributed by atoms with Crippen LogP contribution in [0.4, 0.5) is 0 Å². The van der Waals surface area contributed by atoms with Crippen LogP contribution < -0.4 is 5.73 Å². The number of hydrogen-bond donors (Lipinski definition) is 1. The number of ketones is 2. The van der Waals surface area contributed by atoms with Crippen molar-refractivity contribution < 1.29 is 28.3 Å². The predicted octanol–water partition coefficient (Wildman–Crippen LogP) is -1.45. The van der Waals surface area contributed by atoms with Crippen LogP contribution in [0.2, 0.25) is 0 Å². The minimum atomic E-state index is -5.13. The van der Waals surface area contributed by atoms with Crippen molar-refractivity contribution in [3.05, 3.63) is 35.4 Å². The molecule has 0 atom stereocenters. The maximum absolute atomic E-state index is 11.7. The highest BCUT2D eigenvalue weighted by Gasteiger charge is 2.59. The Kier molecular flexibility index (Phi) is 2.03. The van der Waals surface area contributed by atoms with E-state index in [0.29, 0.717) is 0 Å². The number of carbonyl (C=O) groups excluding carboxylic acids is 2. The maximum atomic E-state index is 11.7. The molecule has 1 aliphatic rings. The maximum Gasteiger partial charge on any atom is 0.310 e. The molecule has 3 N–H and O–H groups in total. The zero-order valence-electron chi connectivity index (χ0n) is 7.97. The number of fused-ring (bicyclic) bond motifs is 1. The third-order valence-electron chi connectivity index (χ3n) is 2.58. The smallest absolute Gasteiger partial charge is 0.310 e. The summed E-state index contributed by atoms with van der Waals surface area (Å²) >= 11 is 0. The van der Waals surface area contributed by atoms with Gasteiger partial charge in [0.2, 0.25) is 11.6 Å². The predicted molar refractivity (Wildman–Crippen MR) is 50.4 cm³/mol. The molecule has 0 unspecified atom stereocenters. The van der Waals surface area contributed by atoms with E-state index in [-0.39, 0.29) is 11.1 Å². The first-order valence-corrected chi connectivity index (χ1v) is 5.70.